The highest BCUT2D eigenvalue weighted by Gasteiger charge is 2.64. The summed E-state index contributed by atoms with van der Waals surface area (Å²) in [5, 5.41) is 0. The molecule has 0 amide bonds. The van der Waals surface area contributed by atoms with Crippen LogP contribution in [0.25, 0.3) is 0 Å². The highest BCUT2D eigenvalue weighted by Crippen LogP contribution is 2.55. The van der Waals surface area contributed by atoms with Gasteiger partial charge in [-0.1, -0.05) is 6.07 Å². The van der Waals surface area contributed by atoms with Crippen molar-refractivity contribution in [1.29, 1.82) is 0 Å². The monoisotopic (exact) mass is 257 g/mol. The normalized spacial score (nSPS) is 36.2. The van der Waals surface area contributed by atoms with Gasteiger partial charge in [0, 0.05) is 18.8 Å². The van der Waals surface area contributed by atoms with Gasteiger partial charge in [-0.3, -0.25) is 4.98 Å². The van der Waals surface area contributed by atoms with E-state index in [4.69, 9.17) is 5.73 Å². The average Bonchev–Trinajstić information content (AvgIpc) is 2.84. The van der Waals surface area contributed by atoms with Gasteiger partial charge in [-0.05, 0) is 30.9 Å². The van der Waals surface area contributed by atoms with Crippen molar-refractivity contribution in [2.24, 2.45) is 11.7 Å². The number of nitrogens with two attached hydrogens (primary N) is 1. The van der Waals surface area contributed by atoms with Crippen molar-refractivity contribution in [1.82, 2.24) is 9.88 Å². The van der Waals surface area contributed by atoms with E-state index in [9.17, 15) is 13.2 Å². The highest BCUT2D eigenvalue weighted by molar-refractivity contribution is 5.26. The predicted molar refractivity (Wildman–Crippen MR) is 59.4 cm³/mol. The van der Waals surface area contributed by atoms with Gasteiger partial charge in [0.25, 0.3) is 0 Å². The van der Waals surface area contributed by atoms with Crippen LogP contribution in [0.3, 0.4) is 0 Å². The third kappa shape index (κ3) is 1.48. The summed E-state index contributed by atoms with van der Waals surface area (Å²) in [4.78, 5) is 4.71. The number of piperidine rings is 1. The van der Waals surface area contributed by atoms with E-state index < -0.39 is 17.9 Å². The van der Waals surface area contributed by atoms with Crippen molar-refractivity contribution < 1.29 is 13.2 Å². The molecule has 1 saturated heterocycles. The Labute approximate surface area is 103 Å². The Kier molecular flexibility index (Phi) is 2.44. The quantitative estimate of drug-likeness (QED) is 0.781. The van der Waals surface area contributed by atoms with Gasteiger partial charge in [0.15, 0.2) is 0 Å². The van der Waals surface area contributed by atoms with Crippen LogP contribution in [0.4, 0.5) is 13.2 Å². The molecule has 0 aromatic carbocycles. The van der Waals surface area contributed by atoms with Crippen LogP contribution in [0, 0.1) is 5.92 Å². The zero-order valence-corrected chi connectivity index (χ0v) is 9.69. The van der Waals surface area contributed by atoms with E-state index in [0.29, 0.717) is 23.4 Å². The molecule has 0 spiro atoms. The number of nitrogens with zero attached hydrogens (tertiary/aromatic N) is 2. The molecule has 1 aliphatic heterocycles. The molecule has 1 aliphatic carbocycles. The van der Waals surface area contributed by atoms with Gasteiger partial charge in [-0.15, -0.1) is 0 Å². The highest BCUT2D eigenvalue weighted by atomic mass is 19.4. The van der Waals surface area contributed by atoms with Crippen molar-refractivity contribution in [3.8, 4) is 0 Å². The van der Waals surface area contributed by atoms with Crippen LogP contribution in [0.15, 0.2) is 24.4 Å². The summed E-state index contributed by atoms with van der Waals surface area (Å²) in [6.45, 7) is 0.0355. The number of halogens is 3. The molecule has 0 radical (unpaired) electrons. The fraction of sp³-hybridized carbons (Fsp3) is 0.583. The van der Waals surface area contributed by atoms with Gasteiger partial charge in [-0.2, -0.15) is 13.2 Å². The van der Waals surface area contributed by atoms with Crippen molar-refractivity contribution in [3.05, 3.63) is 30.1 Å². The molecule has 2 heterocycles. The van der Waals surface area contributed by atoms with Gasteiger partial charge in [0.1, 0.15) is 0 Å². The molecule has 2 N–H and O–H groups in total. The molecule has 1 saturated carbocycles. The first-order valence-electron chi connectivity index (χ1n) is 5.96. The molecule has 3 atom stereocenters. The number of rotatable bonds is 1. The Balaban J connectivity index is 2.10. The Morgan fingerprint density at radius 1 is 1.39 bits per heavy atom. The number of pyridine rings is 1. The lowest BCUT2D eigenvalue weighted by Crippen LogP contribution is -2.59. The van der Waals surface area contributed by atoms with E-state index in [-0.39, 0.29) is 12.5 Å². The van der Waals surface area contributed by atoms with Crippen molar-refractivity contribution in [2.45, 2.75) is 30.7 Å². The van der Waals surface area contributed by atoms with E-state index in [1.807, 2.05) is 0 Å². The summed E-state index contributed by atoms with van der Waals surface area (Å²) in [6, 6.07) is 4.55. The SMILES string of the molecule is NC1CC2CN(C(F)(F)F)C1(c1ccccn1)C2. The van der Waals surface area contributed by atoms with Crippen LogP contribution < -0.4 is 5.73 Å². The standard InChI is InChI=1S/C12H14F3N3/c13-12(14,15)18-7-8-5-9(16)11(18,6-8)10-3-1-2-4-17-10/h1-4,8-9H,5-7,16H2. The van der Waals surface area contributed by atoms with Gasteiger partial charge in [0.05, 0.1) is 11.2 Å². The number of alkyl halides is 3. The van der Waals surface area contributed by atoms with Gasteiger partial charge in [0.2, 0.25) is 0 Å². The Bertz CT molecular complexity index is 448. The van der Waals surface area contributed by atoms with Crippen molar-refractivity contribution >= 4 is 0 Å². The molecule has 3 unspecified atom stereocenters. The lowest BCUT2D eigenvalue weighted by molar-refractivity contribution is -0.276. The molecule has 1 aromatic heterocycles. The summed E-state index contributed by atoms with van der Waals surface area (Å²) < 4.78 is 39.5. The molecule has 3 rings (SSSR count). The predicted octanol–water partition coefficient (Wildman–Crippen LogP) is 1.85. The molecule has 2 bridgehead atoms. The minimum atomic E-state index is -4.36. The zero-order chi connectivity index (χ0) is 13.0. The van der Waals surface area contributed by atoms with E-state index >= 15 is 0 Å². The molecule has 3 nitrogen and oxygen atoms in total. The largest absolute Gasteiger partial charge is 0.460 e. The molecule has 2 aliphatic rings. The fourth-order valence-corrected chi connectivity index (χ4v) is 3.48. The smallest absolute Gasteiger partial charge is 0.326 e. The maximum atomic E-state index is 13.2. The second-order valence-electron chi connectivity index (χ2n) is 5.13. The van der Waals surface area contributed by atoms with Crippen molar-refractivity contribution in [2.75, 3.05) is 6.54 Å². The fourth-order valence-electron chi connectivity index (χ4n) is 3.48. The van der Waals surface area contributed by atoms with Crippen LogP contribution >= 0.6 is 0 Å². The third-order valence-corrected chi connectivity index (χ3v) is 4.14. The summed E-state index contributed by atoms with van der Waals surface area (Å²) in [5.41, 5.74) is 5.27. The van der Waals surface area contributed by atoms with E-state index in [1.165, 1.54) is 6.20 Å². The van der Waals surface area contributed by atoms with Gasteiger partial charge < -0.3 is 5.73 Å². The second kappa shape index (κ2) is 3.68. The first-order valence-corrected chi connectivity index (χ1v) is 5.96. The summed E-state index contributed by atoms with van der Waals surface area (Å²) in [6.07, 6.45) is -1.74. The minimum absolute atomic E-state index is 0.0173. The molecule has 1 aromatic rings. The van der Waals surface area contributed by atoms with Gasteiger partial charge in [-0.25, -0.2) is 4.90 Å². The number of likely N-dealkylation sites (tertiary alicyclic amines) is 1. The maximum absolute atomic E-state index is 13.2. The molecular weight excluding hydrogens is 243 g/mol. The van der Waals surface area contributed by atoms with Crippen LogP contribution in [0.1, 0.15) is 18.5 Å². The Morgan fingerprint density at radius 3 is 2.72 bits per heavy atom. The lowest BCUT2D eigenvalue weighted by Gasteiger charge is -2.42. The third-order valence-electron chi connectivity index (χ3n) is 4.14. The second-order valence-corrected chi connectivity index (χ2v) is 5.13. The molecular formula is C12H14F3N3. The molecule has 6 heteroatoms. The summed E-state index contributed by atoms with van der Waals surface area (Å²) >= 11 is 0. The van der Waals surface area contributed by atoms with Gasteiger partial charge >= 0.3 is 6.30 Å². The van der Waals surface area contributed by atoms with Crippen LogP contribution in [-0.4, -0.2) is 28.8 Å². The van der Waals surface area contributed by atoms with Crippen molar-refractivity contribution in [3.63, 3.8) is 0 Å². The van der Waals surface area contributed by atoms with E-state index in [1.54, 1.807) is 18.2 Å². The molecule has 18 heavy (non-hydrogen) atoms. The topological polar surface area (TPSA) is 42.1 Å². The van der Waals surface area contributed by atoms with Crippen LogP contribution in [0.2, 0.25) is 0 Å². The summed E-state index contributed by atoms with van der Waals surface area (Å²) in [5.74, 6) is 0.0173. The zero-order valence-electron chi connectivity index (χ0n) is 9.69. The number of hydrogen-bond donors (Lipinski definition) is 1. The molecule has 98 valence electrons. The number of fused-ring (bicyclic) bond motifs is 2. The lowest BCUT2D eigenvalue weighted by atomic mass is 9.88. The number of aromatic nitrogens is 1. The summed E-state index contributed by atoms with van der Waals surface area (Å²) in [7, 11) is 0. The Morgan fingerprint density at radius 2 is 2.17 bits per heavy atom. The first kappa shape index (κ1) is 11.9. The number of hydrogen-bond acceptors (Lipinski definition) is 3. The van der Waals surface area contributed by atoms with E-state index in [0.717, 1.165) is 0 Å². The van der Waals surface area contributed by atoms with E-state index in [2.05, 4.69) is 4.98 Å². The maximum Gasteiger partial charge on any atom is 0.460 e. The van der Waals surface area contributed by atoms with Crippen LogP contribution in [0.5, 0.6) is 0 Å². The Hall–Kier alpha value is -1.14. The van der Waals surface area contributed by atoms with Crippen LogP contribution in [-0.2, 0) is 5.54 Å². The molecule has 2 fully saturated rings. The minimum Gasteiger partial charge on any atom is -0.326 e. The first-order chi connectivity index (χ1) is 8.44. The average molecular weight is 257 g/mol.